The van der Waals surface area contributed by atoms with Gasteiger partial charge in [0.25, 0.3) is 11.6 Å². The smallest absolute Gasteiger partial charge is 0.293 e. The summed E-state index contributed by atoms with van der Waals surface area (Å²) in [7, 11) is 0. The molecule has 1 aliphatic rings. The van der Waals surface area contributed by atoms with Crippen LogP contribution in [0.15, 0.2) is 18.2 Å². The maximum absolute atomic E-state index is 12.2. The average Bonchev–Trinajstić information content (AvgIpc) is 3.11. The standard InChI is InChI=1S/C14H19N3O3/c1-3-7-15-13-10(5-4-6-12(13)17(19)20)14(18)16-11-8-9(11)2/h4-6,9,11,15H,3,7-8H2,1-2H3,(H,16,18). The second-order valence-corrected chi connectivity index (χ2v) is 5.18. The van der Waals surface area contributed by atoms with Crippen LogP contribution in [0.4, 0.5) is 11.4 Å². The number of nitro groups is 1. The minimum atomic E-state index is -0.464. The van der Waals surface area contributed by atoms with E-state index in [0.29, 0.717) is 23.7 Å². The Morgan fingerprint density at radius 2 is 2.20 bits per heavy atom. The summed E-state index contributed by atoms with van der Waals surface area (Å²) >= 11 is 0. The topological polar surface area (TPSA) is 84.3 Å². The largest absolute Gasteiger partial charge is 0.379 e. The van der Waals surface area contributed by atoms with Gasteiger partial charge in [0.15, 0.2) is 0 Å². The number of nitrogens with one attached hydrogen (secondary N) is 2. The molecule has 2 atom stereocenters. The Kier molecular flexibility index (Phi) is 4.22. The molecule has 6 heteroatoms. The van der Waals surface area contributed by atoms with Crippen LogP contribution >= 0.6 is 0 Å². The Morgan fingerprint density at radius 3 is 2.75 bits per heavy atom. The number of para-hydroxylation sites is 1. The Morgan fingerprint density at radius 1 is 1.50 bits per heavy atom. The maximum Gasteiger partial charge on any atom is 0.293 e. The number of amides is 1. The summed E-state index contributed by atoms with van der Waals surface area (Å²) in [6, 6.07) is 4.77. The third-order valence-electron chi connectivity index (χ3n) is 3.46. The van der Waals surface area contributed by atoms with Crippen LogP contribution in [0.1, 0.15) is 37.0 Å². The molecule has 1 amide bonds. The zero-order valence-electron chi connectivity index (χ0n) is 11.7. The monoisotopic (exact) mass is 277 g/mol. The van der Waals surface area contributed by atoms with Crippen molar-refractivity contribution in [2.24, 2.45) is 5.92 Å². The van der Waals surface area contributed by atoms with E-state index >= 15 is 0 Å². The van der Waals surface area contributed by atoms with E-state index in [2.05, 4.69) is 17.6 Å². The molecular weight excluding hydrogens is 258 g/mol. The molecule has 0 aliphatic heterocycles. The maximum atomic E-state index is 12.2. The number of nitro benzene ring substituents is 1. The molecule has 1 fully saturated rings. The zero-order valence-corrected chi connectivity index (χ0v) is 11.7. The van der Waals surface area contributed by atoms with Crippen molar-refractivity contribution in [3.05, 3.63) is 33.9 Å². The van der Waals surface area contributed by atoms with Crippen molar-refractivity contribution in [1.82, 2.24) is 5.32 Å². The van der Waals surface area contributed by atoms with Gasteiger partial charge in [0.05, 0.1) is 10.5 Å². The average molecular weight is 277 g/mol. The number of anilines is 1. The van der Waals surface area contributed by atoms with Crippen LogP contribution in [-0.2, 0) is 0 Å². The van der Waals surface area contributed by atoms with Gasteiger partial charge in [-0.2, -0.15) is 0 Å². The van der Waals surface area contributed by atoms with Gasteiger partial charge in [0, 0.05) is 18.7 Å². The van der Waals surface area contributed by atoms with Gasteiger partial charge in [-0.3, -0.25) is 14.9 Å². The zero-order chi connectivity index (χ0) is 14.7. The van der Waals surface area contributed by atoms with Crippen molar-refractivity contribution in [1.29, 1.82) is 0 Å². The van der Waals surface area contributed by atoms with Gasteiger partial charge in [-0.25, -0.2) is 0 Å². The van der Waals surface area contributed by atoms with E-state index in [1.807, 2.05) is 6.92 Å². The van der Waals surface area contributed by atoms with Crippen molar-refractivity contribution in [2.45, 2.75) is 32.7 Å². The van der Waals surface area contributed by atoms with Gasteiger partial charge in [-0.15, -0.1) is 0 Å². The van der Waals surface area contributed by atoms with E-state index in [0.717, 1.165) is 12.8 Å². The molecule has 1 saturated carbocycles. The molecule has 0 spiro atoms. The van der Waals surface area contributed by atoms with E-state index in [4.69, 9.17) is 0 Å². The number of hydrogen-bond donors (Lipinski definition) is 2. The van der Waals surface area contributed by atoms with Gasteiger partial charge in [0.1, 0.15) is 5.69 Å². The Balaban J connectivity index is 2.27. The molecule has 1 aromatic rings. The van der Waals surface area contributed by atoms with E-state index in [1.165, 1.54) is 6.07 Å². The first kappa shape index (κ1) is 14.3. The third kappa shape index (κ3) is 3.07. The summed E-state index contributed by atoms with van der Waals surface area (Å²) in [5.41, 5.74) is 0.590. The van der Waals surface area contributed by atoms with Crippen molar-refractivity contribution in [3.63, 3.8) is 0 Å². The normalized spacial score (nSPS) is 20.3. The van der Waals surface area contributed by atoms with E-state index in [9.17, 15) is 14.9 Å². The van der Waals surface area contributed by atoms with Crippen LogP contribution in [0, 0.1) is 16.0 Å². The number of rotatable bonds is 6. The van der Waals surface area contributed by atoms with Gasteiger partial charge >= 0.3 is 0 Å². The van der Waals surface area contributed by atoms with Crippen LogP contribution < -0.4 is 10.6 Å². The van der Waals surface area contributed by atoms with E-state index < -0.39 is 4.92 Å². The van der Waals surface area contributed by atoms with Gasteiger partial charge in [-0.05, 0) is 24.8 Å². The molecule has 1 aromatic carbocycles. The number of benzene rings is 1. The molecule has 20 heavy (non-hydrogen) atoms. The van der Waals surface area contributed by atoms with Crippen LogP contribution in [0.5, 0.6) is 0 Å². The third-order valence-corrected chi connectivity index (χ3v) is 3.46. The fourth-order valence-electron chi connectivity index (χ4n) is 2.09. The van der Waals surface area contributed by atoms with E-state index in [-0.39, 0.29) is 17.6 Å². The predicted octanol–water partition coefficient (Wildman–Crippen LogP) is 2.55. The second-order valence-electron chi connectivity index (χ2n) is 5.18. The lowest BCUT2D eigenvalue weighted by molar-refractivity contribution is -0.384. The molecule has 0 radical (unpaired) electrons. The second kappa shape index (κ2) is 5.90. The molecule has 0 aromatic heterocycles. The molecule has 0 saturated heterocycles. The Labute approximate surface area is 117 Å². The van der Waals surface area contributed by atoms with Crippen molar-refractivity contribution in [2.75, 3.05) is 11.9 Å². The first-order valence-corrected chi connectivity index (χ1v) is 6.86. The van der Waals surface area contributed by atoms with Crippen molar-refractivity contribution >= 4 is 17.3 Å². The van der Waals surface area contributed by atoms with Gasteiger partial charge in [-0.1, -0.05) is 19.9 Å². The quantitative estimate of drug-likeness (QED) is 0.618. The van der Waals surface area contributed by atoms with Gasteiger partial charge in [0.2, 0.25) is 0 Å². The molecule has 0 heterocycles. The van der Waals surface area contributed by atoms with Crippen molar-refractivity contribution in [3.8, 4) is 0 Å². The first-order valence-electron chi connectivity index (χ1n) is 6.86. The highest BCUT2D eigenvalue weighted by molar-refractivity contribution is 6.01. The Hall–Kier alpha value is -2.11. The molecule has 6 nitrogen and oxygen atoms in total. The van der Waals surface area contributed by atoms with Crippen LogP contribution in [0.3, 0.4) is 0 Å². The van der Waals surface area contributed by atoms with Crippen LogP contribution in [-0.4, -0.2) is 23.4 Å². The van der Waals surface area contributed by atoms with Crippen molar-refractivity contribution < 1.29 is 9.72 Å². The van der Waals surface area contributed by atoms with Gasteiger partial charge < -0.3 is 10.6 Å². The Bertz CT molecular complexity index is 530. The number of carbonyl (C=O) groups is 1. The fourth-order valence-corrected chi connectivity index (χ4v) is 2.09. The number of hydrogen-bond acceptors (Lipinski definition) is 4. The first-order chi connectivity index (χ1) is 9.54. The van der Waals surface area contributed by atoms with Crippen LogP contribution in [0.25, 0.3) is 0 Å². The predicted molar refractivity (Wildman–Crippen MR) is 76.9 cm³/mol. The number of carbonyl (C=O) groups excluding carboxylic acids is 1. The SMILES string of the molecule is CCCNc1c(C(=O)NC2CC2C)cccc1[N+](=O)[O-]. The number of nitrogens with zero attached hydrogens (tertiary/aromatic N) is 1. The molecule has 2 rings (SSSR count). The molecule has 2 unspecified atom stereocenters. The molecule has 108 valence electrons. The van der Waals surface area contributed by atoms with Crippen LogP contribution in [0.2, 0.25) is 0 Å². The summed E-state index contributed by atoms with van der Waals surface area (Å²) in [6.45, 7) is 4.62. The highest BCUT2D eigenvalue weighted by Crippen LogP contribution is 2.32. The minimum absolute atomic E-state index is 0.0602. The van der Waals surface area contributed by atoms with E-state index in [1.54, 1.807) is 12.1 Å². The molecule has 0 bridgehead atoms. The fraction of sp³-hybridized carbons (Fsp3) is 0.500. The summed E-state index contributed by atoms with van der Waals surface area (Å²) in [4.78, 5) is 22.8. The molecule has 1 aliphatic carbocycles. The highest BCUT2D eigenvalue weighted by atomic mass is 16.6. The lowest BCUT2D eigenvalue weighted by Gasteiger charge is -2.12. The minimum Gasteiger partial charge on any atom is -0.379 e. The molecular formula is C14H19N3O3. The summed E-state index contributed by atoms with van der Waals surface area (Å²) in [5, 5.41) is 17.0. The highest BCUT2D eigenvalue weighted by Gasteiger charge is 2.35. The molecule has 2 N–H and O–H groups in total. The summed E-state index contributed by atoms with van der Waals surface area (Å²) in [5.74, 6) is 0.242. The lowest BCUT2D eigenvalue weighted by Crippen LogP contribution is -2.27. The summed E-state index contributed by atoms with van der Waals surface area (Å²) < 4.78 is 0. The lowest BCUT2D eigenvalue weighted by atomic mass is 10.1. The summed E-state index contributed by atoms with van der Waals surface area (Å²) in [6.07, 6.45) is 1.80.